The number of H-pyrrole nitrogens is 1. The first-order valence-corrected chi connectivity index (χ1v) is 7.50. The molecule has 3 rings (SSSR count). The van der Waals surface area contributed by atoms with E-state index in [0.29, 0.717) is 6.54 Å². The van der Waals surface area contributed by atoms with Gasteiger partial charge in [-0.15, -0.1) is 0 Å². The van der Waals surface area contributed by atoms with E-state index >= 15 is 0 Å². The Morgan fingerprint density at radius 2 is 2.35 bits per heavy atom. The van der Waals surface area contributed by atoms with Gasteiger partial charge in [0.15, 0.2) is 5.96 Å². The number of nitrogens with zero attached hydrogens (tertiary/aromatic N) is 4. The van der Waals surface area contributed by atoms with E-state index in [1.807, 2.05) is 30.3 Å². The van der Waals surface area contributed by atoms with Gasteiger partial charge in [-0.05, 0) is 24.1 Å². The van der Waals surface area contributed by atoms with Gasteiger partial charge in [0.25, 0.3) is 0 Å². The Hall–Kier alpha value is -2.83. The molecule has 0 atom stereocenters. The maximum atomic E-state index is 4.85. The largest absolute Gasteiger partial charge is 0.364 e. The topological polar surface area (TPSA) is 82.3 Å². The number of aromatic nitrogens is 3. The van der Waals surface area contributed by atoms with Gasteiger partial charge in [-0.2, -0.15) is 0 Å². The lowest BCUT2D eigenvalue weighted by atomic mass is 10.1. The van der Waals surface area contributed by atoms with Crippen LogP contribution in [0.25, 0.3) is 11.0 Å². The van der Waals surface area contributed by atoms with Crippen molar-refractivity contribution in [3.63, 3.8) is 0 Å². The summed E-state index contributed by atoms with van der Waals surface area (Å²) in [5.41, 5.74) is 3.04. The zero-order valence-electron chi connectivity index (χ0n) is 13.3. The fraction of sp³-hybridized carbons (Fsp3) is 0.312. The van der Waals surface area contributed by atoms with Crippen LogP contribution in [0.5, 0.6) is 0 Å². The Morgan fingerprint density at radius 1 is 1.43 bits per heavy atom. The lowest BCUT2D eigenvalue weighted by molar-refractivity contribution is 0.391. The zero-order valence-corrected chi connectivity index (χ0v) is 13.3. The van der Waals surface area contributed by atoms with Crippen LogP contribution >= 0.6 is 0 Å². The zero-order chi connectivity index (χ0) is 16.1. The number of aliphatic imine (C=N–C) groups is 1. The number of fused-ring (bicyclic) bond motifs is 1. The average molecular weight is 312 g/mol. The molecular formula is C16H20N6O. The third kappa shape index (κ3) is 3.50. The Kier molecular flexibility index (Phi) is 4.56. The second-order valence-corrected chi connectivity index (χ2v) is 5.28. The van der Waals surface area contributed by atoms with Crippen molar-refractivity contribution >= 4 is 17.0 Å². The quantitative estimate of drug-likeness (QED) is 0.554. The summed E-state index contributed by atoms with van der Waals surface area (Å²) in [5.74, 6) is 0.825. The monoisotopic (exact) mass is 312 g/mol. The van der Waals surface area contributed by atoms with Crippen LogP contribution < -0.4 is 5.32 Å². The van der Waals surface area contributed by atoms with E-state index < -0.39 is 0 Å². The standard InChI is InChI=1S/C16H20N6O/c1-17-16(22(2)11-13-6-9-23-21-13)19-8-5-12-10-20-15-14(12)4-3-7-18-15/h3-4,6-7,9-10H,5,8,11H2,1-2H3,(H,17,19)(H,18,20). The van der Waals surface area contributed by atoms with E-state index in [-0.39, 0.29) is 0 Å². The normalized spacial score (nSPS) is 11.8. The number of rotatable bonds is 5. The Bertz CT molecular complexity index is 777. The third-order valence-electron chi connectivity index (χ3n) is 3.68. The van der Waals surface area contributed by atoms with Crippen molar-refractivity contribution in [2.75, 3.05) is 20.6 Å². The predicted molar refractivity (Wildman–Crippen MR) is 89.1 cm³/mol. The van der Waals surface area contributed by atoms with Gasteiger partial charge in [-0.25, -0.2) is 4.98 Å². The Balaban J connectivity index is 1.56. The molecule has 23 heavy (non-hydrogen) atoms. The minimum atomic E-state index is 0.646. The van der Waals surface area contributed by atoms with Gasteiger partial charge in [0, 0.05) is 44.5 Å². The molecule has 0 amide bonds. The van der Waals surface area contributed by atoms with Gasteiger partial charge in [0.2, 0.25) is 0 Å². The number of hydrogen-bond donors (Lipinski definition) is 2. The summed E-state index contributed by atoms with van der Waals surface area (Å²) >= 11 is 0. The molecule has 0 aliphatic carbocycles. The molecule has 0 radical (unpaired) electrons. The molecule has 0 saturated heterocycles. The SMILES string of the molecule is CN=C(NCCc1c[nH]c2ncccc12)N(C)Cc1ccon1. The predicted octanol–water partition coefficient (Wildman–Crippen LogP) is 1.80. The fourth-order valence-corrected chi connectivity index (χ4v) is 2.55. The Labute approximate surface area is 134 Å². The molecule has 2 N–H and O–H groups in total. The molecule has 3 heterocycles. The molecule has 3 aromatic heterocycles. The molecule has 0 bridgehead atoms. The number of hydrogen-bond acceptors (Lipinski definition) is 4. The van der Waals surface area contributed by atoms with Gasteiger partial charge in [-0.1, -0.05) is 5.16 Å². The van der Waals surface area contributed by atoms with Crippen molar-refractivity contribution in [3.8, 4) is 0 Å². The highest BCUT2D eigenvalue weighted by Gasteiger charge is 2.09. The van der Waals surface area contributed by atoms with Gasteiger partial charge in [-0.3, -0.25) is 4.99 Å². The summed E-state index contributed by atoms with van der Waals surface area (Å²) in [7, 11) is 3.75. The highest BCUT2D eigenvalue weighted by Crippen LogP contribution is 2.15. The summed E-state index contributed by atoms with van der Waals surface area (Å²) in [4.78, 5) is 13.8. The number of nitrogens with one attached hydrogen (secondary N) is 2. The van der Waals surface area contributed by atoms with Crippen molar-refractivity contribution in [1.29, 1.82) is 0 Å². The van der Waals surface area contributed by atoms with E-state index in [1.165, 1.54) is 10.9 Å². The maximum absolute atomic E-state index is 4.85. The number of pyridine rings is 1. The van der Waals surface area contributed by atoms with Gasteiger partial charge >= 0.3 is 0 Å². The van der Waals surface area contributed by atoms with Crippen LogP contribution in [0.3, 0.4) is 0 Å². The van der Waals surface area contributed by atoms with Crippen LogP contribution in [0.4, 0.5) is 0 Å². The molecule has 7 heteroatoms. The van der Waals surface area contributed by atoms with Gasteiger partial charge < -0.3 is 19.7 Å². The first-order chi connectivity index (χ1) is 11.3. The van der Waals surface area contributed by atoms with Crippen molar-refractivity contribution < 1.29 is 4.52 Å². The first-order valence-electron chi connectivity index (χ1n) is 7.50. The Morgan fingerprint density at radius 3 is 3.13 bits per heavy atom. The summed E-state index contributed by atoms with van der Waals surface area (Å²) in [6.07, 6.45) is 6.27. The number of guanidine groups is 1. The molecule has 0 aliphatic heterocycles. The third-order valence-corrected chi connectivity index (χ3v) is 3.68. The van der Waals surface area contributed by atoms with Gasteiger partial charge in [0.1, 0.15) is 17.6 Å². The average Bonchev–Trinajstić information content (AvgIpc) is 3.21. The highest BCUT2D eigenvalue weighted by molar-refractivity contribution is 5.80. The molecule has 0 aliphatic rings. The molecule has 0 unspecified atom stereocenters. The minimum Gasteiger partial charge on any atom is -0.364 e. The second-order valence-electron chi connectivity index (χ2n) is 5.28. The van der Waals surface area contributed by atoms with Crippen molar-refractivity contribution in [2.45, 2.75) is 13.0 Å². The summed E-state index contributed by atoms with van der Waals surface area (Å²) in [6, 6.07) is 5.89. The van der Waals surface area contributed by atoms with Crippen LogP contribution in [0, 0.1) is 0 Å². The van der Waals surface area contributed by atoms with Crippen molar-refractivity contribution in [3.05, 3.63) is 48.1 Å². The van der Waals surface area contributed by atoms with E-state index in [2.05, 4.69) is 31.5 Å². The minimum absolute atomic E-state index is 0.646. The van der Waals surface area contributed by atoms with Gasteiger partial charge in [0.05, 0.1) is 6.54 Å². The summed E-state index contributed by atoms with van der Waals surface area (Å²) in [6.45, 7) is 1.44. The molecular weight excluding hydrogens is 292 g/mol. The lowest BCUT2D eigenvalue weighted by Gasteiger charge is -2.20. The molecule has 3 aromatic rings. The van der Waals surface area contributed by atoms with Crippen LogP contribution in [0.15, 0.2) is 46.4 Å². The maximum Gasteiger partial charge on any atom is 0.193 e. The first kappa shape index (κ1) is 15.1. The van der Waals surface area contributed by atoms with E-state index in [0.717, 1.165) is 30.3 Å². The second kappa shape index (κ2) is 6.95. The van der Waals surface area contributed by atoms with E-state index in [4.69, 9.17) is 4.52 Å². The van der Waals surface area contributed by atoms with E-state index in [9.17, 15) is 0 Å². The lowest BCUT2D eigenvalue weighted by Crippen LogP contribution is -2.39. The molecule has 0 spiro atoms. The molecule has 0 aromatic carbocycles. The van der Waals surface area contributed by atoms with Crippen LogP contribution in [-0.2, 0) is 13.0 Å². The van der Waals surface area contributed by atoms with Crippen LogP contribution in [-0.4, -0.2) is 46.6 Å². The van der Waals surface area contributed by atoms with Crippen LogP contribution in [0.2, 0.25) is 0 Å². The van der Waals surface area contributed by atoms with E-state index in [1.54, 1.807) is 19.5 Å². The van der Waals surface area contributed by atoms with Crippen molar-refractivity contribution in [2.24, 2.45) is 4.99 Å². The summed E-state index contributed by atoms with van der Waals surface area (Å²) in [5, 5.41) is 8.45. The smallest absolute Gasteiger partial charge is 0.193 e. The highest BCUT2D eigenvalue weighted by atomic mass is 16.5. The summed E-state index contributed by atoms with van der Waals surface area (Å²) < 4.78 is 4.85. The molecule has 0 fully saturated rings. The van der Waals surface area contributed by atoms with Crippen LogP contribution in [0.1, 0.15) is 11.3 Å². The number of aromatic amines is 1. The van der Waals surface area contributed by atoms with Crippen molar-refractivity contribution in [1.82, 2.24) is 25.3 Å². The fourth-order valence-electron chi connectivity index (χ4n) is 2.55. The molecule has 0 saturated carbocycles. The molecule has 7 nitrogen and oxygen atoms in total. The molecule has 120 valence electrons.